The highest BCUT2D eigenvalue weighted by molar-refractivity contribution is 6.53. The maximum atomic E-state index is 13.2. The summed E-state index contributed by atoms with van der Waals surface area (Å²) in [6, 6.07) is 12.9. The van der Waals surface area contributed by atoms with Crippen LogP contribution in [0.1, 0.15) is 46.9 Å². The third kappa shape index (κ3) is 5.74. The summed E-state index contributed by atoms with van der Waals surface area (Å²) in [4.78, 5) is 56.2. The van der Waals surface area contributed by atoms with E-state index in [0.29, 0.717) is 29.8 Å². The van der Waals surface area contributed by atoms with Crippen molar-refractivity contribution in [2.45, 2.75) is 32.2 Å². The van der Waals surface area contributed by atoms with Crippen molar-refractivity contribution >= 4 is 46.7 Å². The average molecular weight is 539 g/mol. The largest absolute Gasteiger partial charge is 0.462 e. The van der Waals surface area contributed by atoms with E-state index in [9.17, 15) is 19.2 Å². The van der Waals surface area contributed by atoms with Crippen LogP contribution < -0.4 is 10.2 Å². The zero-order valence-corrected chi connectivity index (χ0v) is 22.5. The highest BCUT2D eigenvalue weighted by Crippen LogP contribution is 2.31. The number of esters is 1. The quantitative estimate of drug-likeness (QED) is 0.402. The molecule has 0 aromatic heterocycles. The van der Waals surface area contributed by atoms with Crippen LogP contribution >= 0.6 is 11.6 Å². The lowest BCUT2D eigenvalue weighted by Crippen LogP contribution is -2.44. The lowest BCUT2D eigenvalue weighted by Gasteiger charge is -2.35. The number of ether oxygens (including phenoxy) is 1. The topological polar surface area (TPSA) is 99.3 Å². The van der Waals surface area contributed by atoms with Crippen LogP contribution in [0.5, 0.6) is 0 Å². The number of likely N-dealkylation sites (tertiary alicyclic amines) is 1. The molecule has 2 aromatic carbocycles. The van der Waals surface area contributed by atoms with Crippen molar-refractivity contribution in [3.8, 4) is 0 Å². The molecular formula is C28H31ClN4O5. The molecule has 9 nitrogen and oxygen atoms in total. The Labute approximate surface area is 227 Å². The molecule has 0 bridgehead atoms. The van der Waals surface area contributed by atoms with E-state index in [-0.39, 0.29) is 28.4 Å². The fourth-order valence-electron chi connectivity index (χ4n) is 4.50. The van der Waals surface area contributed by atoms with E-state index in [1.807, 2.05) is 14.0 Å². The van der Waals surface area contributed by atoms with Gasteiger partial charge in [0.15, 0.2) is 0 Å². The van der Waals surface area contributed by atoms with Crippen LogP contribution in [-0.2, 0) is 14.3 Å². The molecule has 0 radical (unpaired) electrons. The summed E-state index contributed by atoms with van der Waals surface area (Å²) in [6.07, 6.45) is 2.52. The van der Waals surface area contributed by atoms with Gasteiger partial charge in [-0.1, -0.05) is 24.6 Å². The van der Waals surface area contributed by atoms with Crippen LogP contribution in [0.2, 0.25) is 0 Å². The van der Waals surface area contributed by atoms with Gasteiger partial charge in [-0.3, -0.25) is 14.4 Å². The predicted molar refractivity (Wildman–Crippen MR) is 145 cm³/mol. The molecule has 3 amide bonds. The van der Waals surface area contributed by atoms with E-state index in [4.69, 9.17) is 16.3 Å². The van der Waals surface area contributed by atoms with Gasteiger partial charge in [-0.15, -0.1) is 0 Å². The third-order valence-corrected chi connectivity index (χ3v) is 7.11. The molecule has 2 aliphatic heterocycles. The minimum atomic E-state index is -0.685. The van der Waals surface area contributed by atoms with Gasteiger partial charge in [0.2, 0.25) is 0 Å². The zero-order chi connectivity index (χ0) is 27.4. The number of benzene rings is 2. The van der Waals surface area contributed by atoms with E-state index < -0.39 is 17.8 Å². The molecule has 10 heteroatoms. The number of imide groups is 1. The second-order valence-electron chi connectivity index (χ2n) is 9.47. The third-order valence-electron chi connectivity index (χ3n) is 6.76. The maximum absolute atomic E-state index is 13.2. The van der Waals surface area contributed by atoms with E-state index in [0.717, 1.165) is 30.8 Å². The normalized spacial score (nSPS) is 16.7. The molecule has 2 aliphatic rings. The Morgan fingerprint density at radius 3 is 2.39 bits per heavy atom. The Balaban J connectivity index is 1.47. The SMILES string of the molecule is CCCOC(=O)c1ccc(N2C(=O)C(Cl)=C(Nc3cccc(C(=O)N(C)C4CCN(C)CC4)c3)C2=O)cc1. The predicted octanol–water partition coefficient (Wildman–Crippen LogP) is 3.86. The molecule has 0 spiro atoms. The summed E-state index contributed by atoms with van der Waals surface area (Å²) in [5, 5.41) is 2.66. The number of hydrogen-bond donors (Lipinski definition) is 1. The number of nitrogens with zero attached hydrogens (tertiary/aromatic N) is 3. The molecule has 1 N–H and O–H groups in total. The molecule has 38 heavy (non-hydrogen) atoms. The lowest BCUT2D eigenvalue weighted by atomic mass is 10.0. The van der Waals surface area contributed by atoms with Crippen LogP contribution in [0.15, 0.2) is 59.3 Å². The van der Waals surface area contributed by atoms with Crippen molar-refractivity contribution in [3.63, 3.8) is 0 Å². The molecule has 0 atom stereocenters. The monoisotopic (exact) mass is 538 g/mol. The van der Waals surface area contributed by atoms with Crippen molar-refractivity contribution in [2.24, 2.45) is 0 Å². The van der Waals surface area contributed by atoms with Gasteiger partial charge in [0, 0.05) is 24.3 Å². The maximum Gasteiger partial charge on any atom is 0.338 e. The Hall–Kier alpha value is -3.69. The van der Waals surface area contributed by atoms with Crippen LogP contribution in [-0.4, -0.2) is 73.3 Å². The highest BCUT2D eigenvalue weighted by atomic mass is 35.5. The molecule has 0 unspecified atom stereocenters. The molecule has 0 saturated carbocycles. The van der Waals surface area contributed by atoms with E-state index in [1.165, 1.54) is 24.3 Å². The average Bonchev–Trinajstić information content (AvgIpc) is 3.14. The summed E-state index contributed by atoms with van der Waals surface area (Å²) < 4.78 is 5.11. The molecule has 200 valence electrons. The fraction of sp³-hybridized carbons (Fsp3) is 0.357. The van der Waals surface area contributed by atoms with Crippen LogP contribution in [0.3, 0.4) is 0 Å². The minimum absolute atomic E-state index is 0.0867. The number of nitrogens with one attached hydrogen (secondary N) is 1. The standard InChI is InChI=1S/C28H31ClN4O5/c1-4-16-38-28(37)18-8-10-22(11-9-18)33-26(35)23(29)24(27(33)36)30-20-7-5-6-19(17-20)25(34)32(3)21-12-14-31(2)15-13-21/h5-11,17,21,30H,4,12-16H2,1-3H3. The minimum Gasteiger partial charge on any atom is -0.462 e. The first-order valence-electron chi connectivity index (χ1n) is 12.6. The summed E-state index contributed by atoms with van der Waals surface area (Å²) in [5.74, 6) is -1.92. The Bertz CT molecular complexity index is 1270. The fourth-order valence-corrected chi connectivity index (χ4v) is 4.71. The van der Waals surface area contributed by atoms with E-state index >= 15 is 0 Å². The van der Waals surface area contributed by atoms with Gasteiger partial charge < -0.3 is 19.9 Å². The second-order valence-corrected chi connectivity index (χ2v) is 9.85. The Morgan fingerprint density at radius 2 is 1.74 bits per heavy atom. The van der Waals surface area contributed by atoms with Crippen LogP contribution in [0.4, 0.5) is 11.4 Å². The Morgan fingerprint density at radius 1 is 1.05 bits per heavy atom. The van der Waals surface area contributed by atoms with Gasteiger partial charge in [0.05, 0.1) is 17.9 Å². The second kappa shape index (κ2) is 11.8. The molecule has 4 rings (SSSR count). The summed E-state index contributed by atoms with van der Waals surface area (Å²) in [5.41, 5.74) is 1.41. The summed E-state index contributed by atoms with van der Waals surface area (Å²) >= 11 is 6.27. The van der Waals surface area contributed by atoms with Crippen molar-refractivity contribution in [1.29, 1.82) is 0 Å². The number of amides is 3. The number of anilines is 2. The van der Waals surface area contributed by atoms with Gasteiger partial charge in [0.25, 0.3) is 17.7 Å². The lowest BCUT2D eigenvalue weighted by molar-refractivity contribution is -0.120. The van der Waals surface area contributed by atoms with Crippen LogP contribution in [0, 0.1) is 0 Å². The molecule has 2 heterocycles. The van der Waals surface area contributed by atoms with Gasteiger partial charge >= 0.3 is 5.97 Å². The van der Waals surface area contributed by atoms with Crippen LogP contribution in [0.25, 0.3) is 0 Å². The summed E-state index contributed by atoms with van der Waals surface area (Å²) in [6.45, 7) is 4.08. The number of carbonyl (C=O) groups excluding carboxylic acids is 4. The molecular weight excluding hydrogens is 508 g/mol. The first-order chi connectivity index (χ1) is 18.2. The van der Waals surface area contributed by atoms with Gasteiger partial charge in [-0.05, 0) is 81.9 Å². The molecule has 1 saturated heterocycles. The Kier molecular flexibility index (Phi) is 8.48. The number of halogens is 1. The summed E-state index contributed by atoms with van der Waals surface area (Å²) in [7, 11) is 3.88. The number of hydrogen-bond acceptors (Lipinski definition) is 7. The van der Waals surface area contributed by atoms with E-state index in [2.05, 4.69) is 17.3 Å². The number of carbonyl (C=O) groups is 4. The molecule has 2 aromatic rings. The number of piperidine rings is 1. The smallest absolute Gasteiger partial charge is 0.338 e. The first kappa shape index (κ1) is 27.3. The van der Waals surface area contributed by atoms with Crippen molar-refractivity contribution in [2.75, 3.05) is 44.0 Å². The van der Waals surface area contributed by atoms with Crippen molar-refractivity contribution in [3.05, 3.63) is 70.4 Å². The van der Waals surface area contributed by atoms with Crippen molar-refractivity contribution < 1.29 is 23.9 Å². The highest BCUT2D eigenvalue weighted by Gasteiger charge is 2.39. The number of rotatable bonds is 8. The first-order valence-corrected chi connectivity index (χ1v) is 13.0. The van der Waals surface area contributed by atoms with Gasteiger partial charge in [-0.2, -0.15) is 0 Å². The van der Waals surface area contributed by atoms with E-state index in [1.54, 1.807) is 29.2 Å². The molecule has 1 fully saturated rings. The molecule has 0 aliphatic carbocycles. The van der Waals surface area contributed by atoms with Crippen molar-refractivity contribution in [1.82, 2.24) is 9.80 Å². The van der Waals surface area contributed by atoms with Gasteiger partial charge in [-0.25, -0.2) is 9.69 Å². The van der Waals surface area contributed by atoms with Gasteiger partial charge in [0.1, 0.15) is 10.7 Å². The zero-order valence-electron chi connectivity index (χ0n) is 21.7.